The summed E-state index contributed by atoms with van der Waals surface area (Å²) >= 11 is 3.10. The highest BCUT2D eigenvalue weighted by atomic mass is 79.9. The molecule has 2 aromatic rings. The highest BCUT2D eigenvalue weighted by Crippen LogP contribution is 2.29. The molecule has 3 nitrogen and oxygen atoms in total. The Morgan fingerprint density at radius 3 is 2.67 bits per heavy atom. The van der Waals surface area contributed by atoms with Gasteiger partial charge in [-0.1, -0.05) is 29.3 Å². The molecule has 0 atom stereocenters. The van der Waals surface area contributed by atoms with Crippen LogP contribution in [-0.2, 0) is 13.0 Å². The summed E-state index contributed by atoms with van der Waals surface area (Å²) in [7, 11) is 0. The van der Waals surface area contributed by atoms with Gasteiger partial charge >= 0.3 is 0 Å². The zero-order valence-electron chi connectivity index (χ0n) is 11.5. The number of hydrogen-bond donors (Lipinski definition) is 1. The number of rotatable bonds is 5. The van der Waals surface area contributed by atoms with Gasteiger partial charge in [0.15, 0.2) is 11.6 Å². The second-order valence-corrected chi connectivity index (χ2v) is 5.48. The molecule has 0 aliphatic carbocycles. The maximum absolute atomic E-state index is 13.7. The summed E-state index contributed by atoms with van der Waals surface area (Å²) in [6.45, 7) is 2.35. The summed E-state index contributed by atoms with van der Waals surface area (Å²) in [5.41, 5.74) is 7.27. The molecule has 6 heteroatoms. The first-order valence-electron chi connectivity index (χ1n) is 6.55. The second kappa shape index (κ2) is 6.95. The van der Waals surface area contributed by atoms with Crippen molar-refractivity contribution in [1.29, 1.82) is 0 Å². The first kappa shape index (κ1) is 15.9. The molecule has 21 heavy (non-hydrogen) atoms. The van der Waals surface area contributed by atoms with Gasteiger partial charge in [0.05, 0.1) is 0 Å². The van der Waals surface area contributed by atoms with Crippen LogP contribution in [0.1, 0.15) is 24.6 Å². The van der Waals surface area contributed by atoms with Crippen molar-refractivity contribution in [3.8, 4) is 11.6 Å². The lowest BCUT2D eigenvalue weighted by atomic mass is 10.1. The number of halogens is 3. The Morgan fingerprint density at radius 1 is 1.24 bits per heavy atom. The molecule has 1 heterocycles. The highest BCUT2D eigenvalue weighted by Gasteiger charge is 2.13. The first-order valence-corrected chi connectivity index (χ1v) is 7.35. The minimum Gasteiger partial charge on any atom is -0.436 e. The van der Waals surface area contributed by atoms with E-state index in [4.69, 9.17) is 10.5 Å². The van der Waals surface area contributed by atoms with Crippen molar-refractivity contribution >= 4 is 15.9 Å². The first-order chi connectivity index (χ1) is 10.0. The van der Waals surface area contributed by atoms with E-state index in [1.54, 1.807) is 6.07 Å². The van der Waals surface area contributed by atoms with Crippen LogP contribution in [0.4, 0.5) is 8.78 Å². The lowest BCUT2D eigenvalue weighted by molar-refractivity contribution is 0.403. The van der Waals surface area contributed by atoms with Gasteiger partial charge in [-0.05, 0) is 30.2 Å². The van der Waals surface area contributed by atoms with Crippen molar-refractivity contribution in [1.82, 2.24) is 4.98 Å². The van der Waals surface area contributed by atoms with Crippen LogP contribution in [0.3, 0.4) is 0 Å². The molecule has 0 spiro atoms. The van der Waals surface area contributed by atoms with Gasteiger partial charge in [-0.15, -0.1) is 0 Å². The average molecular weight is 357 g/mol. The molecule has 0 radical (unpaired) electrons. The number of benzene rings is 1. The van der Waals surface area contributed by atoms with Gasteiger partial charge in [0.2, 0.25) is 11.7 Å². The van der Waals surface area contributed by atoms with Gasteiger partial charge in [-0.2, -0.15) is 4.39 Å². The minimum atomic E-state index is -1.05. The molecule has 0 saturated heterocycles. The Labute approximate surface area is 130 Å². The quantitative estimate of drug-likeness (QED) is 0.811. The summed E-state index contributed by atoms with van der Waals surface area (Å²) in [6.07, 6.45) is 1.68. The van der Waals surface area contributed by atoms with Crippen molar-refractivity contribution in [3.05, 3.63) is 51.6 Å². The number of aryl methyl sites for hydroxylation is 1. The summed E-state index contributed by atoms with van der Waals surface area (Å²) in [5, 5.41) is 0. The maximum atomic E-state index is 13.7. The highest BCUT2D eigenvalue weighted by molar-refractivity contribution is 9.10. The van der Waals surface area contributed by atoms with Crippen molar-refractivity contribution in [3.63, 3.8) is 0 Å². The Kier molecular flexibility index (Phi) is 5.25. The minimum absolute atomic E-state index is 0.206. The fourth-order valence-electron chi connectivity index (χ4n) is 1.89. The smallest absolute Gasteiger partial charge is 0.219 e. The molecule has 0 fully saturated rings. The average Bonchev–Trinajstić information content (AvgIpc) is 2.44. The molecule has 0 saturated carbocycles. The lowest BCUT2D eigenvalue weighted by Gasteiger charge is -2.10. The van der Waals surface area contributed by atoms with E-state index < -0.39 is 11.6 Å². The molecule has 2 N–H and O–H groups in total. The molecule has 1 aromatic carbocycles. The number of pyridine rings is 1. The summed E-state index contributed by atoms with van der Waals surface area (Å²) < 4.78 is 32.9. The Hall–Kier alpha value is -1.53. The van der Waals surface area contributed by atoms with Gasteiger partial charge in [0, 0.05) is 22.8 Å². The van der Waals surface area contributed by atoms with Crippen LogP contribution in [0.25, 0.3) is 0 Å². The van der Waals surface area contributed by atoms with Crippen LogP contribution in [0.5, 0.6) is 11.6 Å². The van der Waals surface area contributed by atoms with E-state index in [-0.39, 0.29) is 11.6 Å². The molecule has 1 aromatic heterocycles. The van der Waals surface area contributed by atoms with Crippen LogP contribution in [0.2, 0.25) is 0 Å². The third kappa shape index (κ3) is 3.98. The Bertz CT molecular complexity index is 650. The van der Waals surface area contributed by atoms with Gasteiger partial charge in [0.1, 0.15) is 0 Å². The fourth-order valence-corrected chi connectivity index (χ4v) is 2.30. The molecule has 0 bridgehead atoms. The van der Waals surface area contributed by atoms with Crippen molar-refractivity contribution in [2.75, 3.05) is 0 Å². The SMILES string of the molecule is CCCc1cc(CN)cc(Oc2cc(Br)cc(F)c2F)n1. The molecular weight excluding hydrogens is 342 g/mol. The van der Waals surface area contributed by atoms with Crippen LogP contribution >= 0.6 is 15.9 Å². The predicted molar refractivity (Wildman–Crippen MR) is 80.3 cm³/mol. The summed E-state index contributed by atoms with van der Waals surface area (Å²) in [4.78, 5) is 4.28. The van der Waals surface area contributed by atoms with Gasteiger partial charge < -0.3 is 10.5 Å². The van der Waals surface area contributed by atoms with Gasteiger partial charge in [-0.25, -0.2) is 9.37 Å². The maximum Gasteiger partial charge on any atom is 0.219 e. The molecule has 0 amide bonds. The Balaban J connectivity index is 2.37. The van der Waals surface area contributed by atoms with Crippen LogP contribution in [0.15, 0.2) is 28.7 Å². The number of aromatic nitrogens is 1. The van der Waals surface area contributed by atoms with E-state index >= 15 is 0 Å². The molecule has 0 aliphatic heterocycles. The molecule has 112 valence electrons. The topological polar surface area (TPSA) is 48.1 Å². The number of hydrogen-bond acceptors (Lipinski definition) is 3. The number of nitrogens with two attached hydrogens (primary N) is 1. The van der Waals surface area contributed by atoms with Gasteiger partial charge in [-0.3, -0.25) is 0 Å². The van der Waals surface area contributed by atoms with Crippen molar-refractivity contribution < 1.29 is 13.5 Å². The van der Waals surface area contributed by atoms with E-state index in [9.17, 15) is 8.78 Å². The predicted octanol–water partition coefficient (Wildman–Crippen LogP) is 4.33. The number of ether oxygens (including phenoxy) is 1. The third-order valence-corrected chi connectivity index (χ3v) is 3.29. The summed E-state index contributed by atoms with van der Waals surface area (Å²) in [5.74, 6) is -2.04. The fraction of sp³-hybridized carbons (Fsp3) is 0.267. The van der Waals surface area contributed by atoms with E-state index in [0.29, 0.717) is 11.0 Å². The van der Waals surface area contributed by atoms with Crippen LogP contribution < -0.4 is 10.5 Å². The summed E-state index contributed by atoms with van der Waals surface area (Å²) in [6, 6.07) is 5.90. The van der Waals surface area contributed by atoms with Crippen molar-refractivity contribution in [2.24, 2.45) is 5.73 Å². The van der Waals surface area contributed by atoms with E-state index in [0.717, 1.165) is 30.2 Å². The zero-order chi connectivity index (χ0) is 15.4. The molecule has 0 unspecified atom stereocenters. The largest absolute Gasteiger partial charge is 0.436 e. The zero-order valence-corrected chi connectivity index (χ0v) is 13.1. The van der Waals surface area contributed by atoms with E-state index in [2.05, 4.69) is 20.9 Å². The Morgan fingerprint density at radius 2 is 2.00 bits per heavy atom. The standard InChI is InChI=1S/C15H15BrF2N2O/c1-2-3-11-4-9(8-19)5-14(20-11)21-13-7-10(16)6-12(17)15(13)18/h4-7H,2-3,8,19H2,1H3. The number of nitrogens with zero attached hydrogens (tertiary/aromatic N) is 1. The van der Waals surface area contributed by atoms with Crippen molar-refractivity contribution in [2.45, 2.75) is 26.3 Å². The second-order valence-electron chi connectivity index (χ2n) is 4.56. The van der Waals surface area contributed by atoms with Crippen LogP contribution in [0, 0.1) is 11.6 Å². The van der Waals surface area contributed by atoms with E-state index in [1.807, 2.05) is 13.0 Å². The molecule has 0 aliphatic rings. The normalized spacial score (nSPS) is 10.7. The molecular formula is C15H15BrF2N2O. The van der Waals surface area contributed by atoms with Gasteiger partial charge in [0.25, 0.3) is 0 Å². The lowest BCUT2D eigenvalue weighted by Crippen LogP contribution is -2.02. The van der Waals surface area contributed by atoms with Crippen LogP contribution in [-0.4, -0.2) is 4.98 Å². The molecule has 2 rings (SSSR count). The van der Waals surface area contributed by atoms with E-state index in [1.165, 1.54) is 6.07 Å². The third-order valence-electron chi connectivity index (χ3n) is 2.83. The monoisotopic (exact) mass is 356 g/mol.